The Balaban J connectivity index is 1.56. The largest absolute Gasteiger partial charge is 0.375 e. The Kier molecular flexibility index (Phi) is 4.13. The second-order valence-electron chi connectivity index (χ2n) is 6.88. The van der Waals surface area contributed by atoms with Crippen molar-refractivity contribution in [2.45, 2.75) is 64.1 Å². The van der Waals surface area contributed by atoms with Crippen molar-refractivity contribution in [2.75, 3.05) is 13.2 Å². The van der Waals surface area contributed by atoms with Crippen LogP contribution in [0.25, 0.3) is 0 Å². The molecule has 3 rings (SSSR count). The average molecular weight is 277 g/mol. The average Bonchev–Trinajstić information content (AvgIpc) is 2.85. The number of hydrogen-bond acceptors (Lipinski definition) is 3. The lowest BCUT2D eigenvalue weighted by atomic mass is 9.74. The molecular formula is C16H27N3O. The maximum atomic E-state index is 6.00. The van der Waals surface area contributed by atoms with E-state index in [0.717, 1.165) is 32.5 Å². The second-order valence-corrected chi connectivity index (χ2v) is 6.88. The van der Waals surface area contributed by atoms with E-state index in [4.69, 9.17) is 4.74 Å². The van der Waals surface area contributed by atoms with E-state index < -0.39 is 0 Å². The number of ether oxygens (including phenoxy) is 1. The highest BCUT2D eigenvalue weighted by Crippen LogP contribution is 2.45. The van der Waals surface area contributed by atoms with Crippen LogP contribution < -0.4 is 5.32 Å². The monoisotopic (exact) mass is 277 g/mol. The highest BCUT2D eigenvalue weighted by atomic mass is 16.5. The van der Waals surface area contributed by atoms with Gasteiger partial charge in [-0.15, -0.1) is 0 Å². The van der Waals surface area contributed by atoms with Gasteiger partial charge in [0.05, 0.1) is 17.8 Å². The van der Waals surface area contributed by atoms with Crippen LogP contribution in [-0.2, 0) is 11.3 Å². The van der Waals surface area contributed by atoms with Crippen LogP contribution in [0, 0.1) is 5.92 Å². The fraction of sp³-hybridized carbons (Fsp3) is 0.812. The number of nitrogens with one attached hydrogen (secondary N) is 1. The molecule has 1 saturated heterocycles. The summed E-state index contributed by atoms with van der Waals surface area (Å²) in [5, 5.41) is 8.06. The van der Waals surface area contributed by atoms with Gasteiger partial charge in [-0.05, 0) is 44.6 Å². The minimum Gasteiger partial charge on any atom is -0.375 e. The van der Waals surface area contributed by atoms with Gasteiger partial charge in [-0.1, -0.05) is 13.8 Å². The van der Waals surface area contributed by atoms with Crippen molar-refractivity contribution in [1.29, 1.82) is 0 Å². The number of hydrogen-bond donors (Lipinski definition) is 1. The van der Waals surface area contributed by atoms with Crippen LogP contribution in [0.4, 0.5) is 0 Å². The maximum absolute atomic E-state index is 6.00. The SMILES string of the molecule is CC(C)CNCc1cnn(C2CCOC3(CCC3)C2)c1. The Morgan fingerprint density at radius 3 is 3.05 bits per heavy atom. The van der Waals surface area contributed by atoms with E-state index in [2.05, 4.69) is 35.1 Å². The lowest BCUT2D eigenvalue weighted by Crippen LogP contribution is -2.46. The van der Waals surface area contributed by atoms with Crippen molar-refractivity contribution in [1.82, 2.24) is 15.1 Å². The van der Waals surface area contributed by atoms with Gasteiger partial charge in [0.2, 0.25) is 0 Å². The lowest BCUT2D eigenvalue weighted by molar-refractivity contribution is -0.141. The topological polar surface area (TPSA) is 39.1 Å². The second kappa shape index (κ2) is 5.86. The van der Waals surface area contributed by atoms with Crippen LogP contribution in [0.3, 0.4) is 0 Å². The van der Waals surface area contributed by atoms with Gasteiger partial charge in [0, 0.05) is 24.9 Å². The summed E-state index contributed by atoms with van der Waals surface area (Å²) in [7, 11) is 0. The van der Waals surface area contributed by atoms with Gasteiger partial charge < -0.3 is 10.1 Å². The molecular weight excluding hydrogens is 250 g/mol. The summed E-state index contributed by atoms with van der Waals surface area (Å²) in [5.41, 5.74) is 1.49. The van der Waals surface area contributed by atoms with Gasteiger partial charge in [0.15, 0.2) is 0 Å². The third-order valence-corrected chi connectivity index (χ3v) is 4.64. The lowest BCUT2D eigenvalue weighted by Gasteiger charge is -2.47. The van der Waals surface area contributed by atoms with Crippen molar-refractivity contribution in [3.63, 3.8) is 0 Å². The van der Waals surface area contributed by atoms with Gasteiger partial charge in [-0.2, -0.15) is 5.10 Å². The van der Waals surface area contributed by atoms with Crippen molar-refractivity contribution in [2.24, 2.45) is 5.92 Å². The van der Waals surface area contributed by atoms with E-state index in [1.165, 1.54) is 24.8 Å². The van der Waals surface area contributed by atoms with E-state index in [9.17, 15) is 0 Å². The molecule has 0 amide bonds. The molecule has 1 spiro atoms. The zero-order chi connectivity index (χ0) is 14.0. The summed E-state index contributed by atoms with van der Waals surface area (Å²) in [6.45, 7) is 7.34. The van der Waals surface area contributed by atoms with Crippen LogP contribution in [0.15, 0.2) is 12.4 Å². The Hall–Kier alpha value is -0.870. The first-order chi connectivity index (χ1) is 9.67. The molecule has 4 nitrogen and oxygen atoms in total. The number of nitrogens with zero attached hydrogens (tertiary/aromatic N) is 2. The minimum absolute atomic E-state index is 0.199. The molecule has 20 heavy (non-hydrogen) atoms. The standard InChI is InChI=1S/C16H27N3O/c1-13(2)9-17-10-14-11-18-19(12-14)15-4-7-20-16(8-15)5-3-6-16/h11-13,15,17H,3-10H2,1-2H3. The van der Waals surface area contributed by atoms with Crippen molar-refractivity contribution < 1.29 is 4.74 Å². The van der Waals surface area contributed by atoms with Crippen LogP contribution in [-0.4, -0.2) is 28.5 Å². The van der Waals surface area contributed by atoms with Gasteiger partial charge in [-0.3, -0.25) is 4.68 Å². The Labute approximate surface area is 121 Å². The molecule has 1 aromatic heterocycles. The summed E-state index contributed by atoms with van der Waals surface area (Å²) in [4.78, 5) is 0. The molecule has 1 unspecified atom stereocenters. The number of rotatable bonds is 5. The van der Waals surface area contributed by atoms with Crippen molar-refractivity contribution in [3.05, 3.63) is 18.0 Å². The Morgan fingerprint density at radius 1 is 1.50 bits per heavy atom. The van der Waals surface area contributed by atoms with E-state index in [0.29, 0.717) is 12.0 Å². The predicted molar refractivity (Wildman–Crippen MR) is 79.6 cm³/mol. The molecule has 2 heterocycles. The van der Waals surface area contributed by atoms with Gasteiger partial charge >= 0.3 is 0 Å². The molecule has 4 heteroatoms. The van der Waals surface area contributed by atoms with Gasteiger partial charge in [0.1, 0.15) is 0 Å². The summed E-state index contributed by atoms with van der Waals surface area (Å²) in [6.07, 6.45) is 10.3. The Bertz CT molecular complexity index is 437. The molecule has 0 radical (unpaired) electrons. The summed E-state index contributed by atoms with van der Waals surface area (Å²) in [6, 6.07) is 0.530. The molecule has 1 aromatic rings. The van der Waals surface area contributed by atoms with Crippen molar-refractivity contribution in [3.8, 4) is 0 Å². The molecule has 0 aromatic carbocycles. The van der Waals surface area contributed by atoms with E-state index in [-0.39, 0.29) is 5.60 Å². The summed E-state index contributed by atoms with van der Waals surface area (Å²) >= 11 is 0. The van der Waals surface area contributed by atoms with Gasteiger partial charge in [-0.25, -0.2) is 0 Å². The van der Waals surface area contributed by atoms with E-state index in [1.807, 2.05) is 6.20 Å². The third kappa shape index (κ3) is 3.07. The first-order valence-corrected chi connectivity index (χ1v) is 8.05. The van der Waals surface area contributed by atoms with Crippen LogP contribution >= 0.6 is 0 Å². The molecule has 1 aliphatic carbocycles. The zero-order valence-electron chi connectivity index (χ0n) is 12.8. The first kappa shape index (κ1) is 14.1. The van der Waals surface area contributed by atoms with Crippen LogP contribution in [0.5, 0.6) is 0 Å². The van der Waals surface area contributed by atoms with E-state index >= 15 is 0 Å². The normalized spacial score (nSPS) is 25.1. The third-order valence-electron chi connectivity index (χ3n) is 4.64. The van der Waals surface area contributed by atoms with Crippen molar-refractivity contribution >= 4 is 0 Å². The molecule has 1 aliphatic heterocycles. The minimum atomic E-state index is 0.199. The molecule has 1 saturated carbocycles. The highest BCUT2D eigenvalue weighted by molar-refractivity contribution is 5.05. The van der Waals surface area contributed by atoms with E-state index in [1.54, 1.807) is 0 Å². The zero-order valence-corrected chi connectivity index (χ0v) is 12.8. The molecule has 0 bridgehead atoms. The molecule has 1 N–H and O–H groups in total. The summed E-state index contributed by atoms with van der Waals surface area (Å²) < 4.78 is 8.17. The fourth-order valence-corrected chi connectivity index (χ4v) is 3.32. The predicted octanol–water partition coefficient (Wildman–Crippen LogP) is 2.90. The highest BCUT2D eigenvalue weighted by Gasteiger charge is 2.43. The van der Waals surface area contributed by atoms with Crippen LogP contribution in [0.2, 0.25) is 0 Å². The molecule has 1 atom stereocenters. The smallest absolute Gasteiger partial charge is 0.0703 e. The summed E-state index contributed by atoms with van der Waals surface area (Å²) in [5.74, 6) is 0.694. The molecule has 112 valence electrons. The maximum Gasteiger partial charge on any atom is 0.0703 e. The van der Waals surface area contributed by atoms with Gasteiger partial charge in [0.25, 0.3) is 0 Å². The Morgan fingerprint density at radius 2 is 2.35 bits per heavy atom. The molecule has 2 fully saturated rings. The fourth-order valence-electron chi connectivity index (χ4n) is 3.32. The molecule has 2 aliphatic rings. The number of aromatic nitrogens is 2. The van der Waals surface area contributed by atoms with Crippen LogP contribution in [0.1, 0.15) is 57.6 Å². The first-order valence-electron chi connectivity index (χ1n) is 8.05. The quantitative estimate of drug-likeness (QED) is 0.899.